The highest BCUT2D eigenvalue weighted by Crippen LogP contribution is 2.36. The van der Waals surface area contributed by atoms with Crippen LogP contribution in [-0.4, -0.2) is 25.9 Å². The summed E-state index contributed by atoms with van der Waals surface area (Å²) in [5.41, 5.74) is 0. The molecule has 2 unspecified atom stereocenters. The van der Waals surface area contributed by atoms with Gasteiger partial charge in [0.1, 0.15) is 0 Å². The van der Waals surface area contributed by atoms with Gasteiger partial charge in [-0.25, -0.2) is 0 Å². The fourth-order valence-electron chi connectivity index (χ4n) is 1.33. The summed E-state index contributed by atoms with van der Waals surface area (Å²) in [5, 5.41) is 0. The van der Waals surface area contributed by atoms with Gasteiger partial charge in [-0.05, 0) is 28.1 Å². The summed E-state index contributed by atoms with van der Waals surface area (Å²) in [6.07, 6.45) is 0.134. The maximum Gasteiger partial charge on any atom is 0.0983 e. The van der Waals surface area contributed by atoms with Gasteiger partial charge in [-0.2, -0.15) is 0 Å². The Kier molecular flexibility index (Phi) is 4.01. The minimum absolute atomic E-state index is 0.134. The van der Waals surface area contributed by atoms with Crippen LogP contribution in [0.4, 0.5) is 0 Å². The van der Waals surface area contributed by atoms with E-state index in [4.69, 9.17) is 9.47 Å². The second-order valence-electron chi connectivity index (χ2n) is 3.03. The molecule has 2 atom stereocenters. The number of hydrogen-bond donors (Lipinski definition) is 0. The van der Waals surface area contributed by atoms with Crippen LogP contribution in [0.25, 0.3) is 0 Å². The Labute approximate surface area is 104 Å². The number of halogens is 2. The van der Waals surface area contributed by atoms with E-state index in [2.05, 4.69) is 44.0 Å². The monoisotopic (exact) mass is 340 g/mol. The van der Waals surface area contributed by atoms with E-state index in [1.807, 2.05) is 0 Å². The molecular weight excluding hydrogens is 332 g/mol. The first-order valence-electron chi connectivity index (χ1n) is 4.36. The molecule has 1 aromatic heterocycles. The van der Waals surface area contributed by atoms with Crippen molar-refractivity contribution in [2.75, 3.05) is 19.8 Å². The topological polar surface area (TPSA) is 18.5 Å². The third-order valence-corrected chi connectivity index (χ3v) is 5.13. The molecule has 0 amide bonds. The van der Waals surface area contributed by atoms with Crippen LogP contribution in [0.15, 0.2) is 15.9 Å². The highest BCUT2D eigenvalue weighted by atomic mass is 79.9. The lowest BCUT2D eigenvalue weighted by Gasteiger charge is -2.26. The molecule has 1 fully saturated rings. The average Bonchev–Trinajstić information content (AvgIpc) is 2.65. The van der Waals surface area contributed by atoms with Crippen LogP contribution in [0.5, 0.6) is 0 Å². The van der Waals surface area contributed by atoms with Crippen LogP contribution >= 0.6 is 43.2 Å². The lowest BCUT2D eigenvalue weighted by molar-refractivity contribution is -0.0873. The summed E-state index contributed by atoms with van der Waals surface area (Å²) in [5.74, 6) is 0. The zero-order chi connectivity index (χ0) is 9.97. The van der Waals surface area contributed by atoms with Crippen LogP contribution in [0.3, 0.4) is 0 Å². The van der Waals surface area contributed by atoms with Gasteiger partial charge in [-0.15, -0.1) is 11.3 Å². The van der Waals surface area contributed by atoms with Crippen LogP contribution in [-0.2, 0) is 9.47 Å². The van der Waals surface area contributed by atoms with Gasteiger partial charge in [0.25, 0.3) is 0 Å². The molecule has 78 valence electrons. The quantitative estimate of drug-likeness (QED) is 0.768. The molecule has 1 aliphatic heterocycles. The molecule has 0 aromatic carbocycles. The second-order valence-corrected chi connectivity index (χ2v) is 6.51. The minimum Gasteiger partial charge on any atom is -0.376 e. The average molecular weight is 342 g/mol. The predicted octanol–water partition coefficient (Wildman–Crippen LogP) is 3.36. The van der Waals surface area contributed by atoms with Crippen molar-refractivity contribution in [3.05, 3.63) is 20.8 Å². The summed E-state index contributed by atoms with van der Waals surface area (Å²) in [6, 6.07) is 4.16. The standard InChI is InChI=1S/C9H10Br2O2S/c10-8-2-1-7(14-8)9(11)6-5-12-3-4-13-6/h1-2,6,9H,3-5H2. The summed E-state index contributed by atoms with van der Waals surface area (Å²) in [6.45, 7) is 2.08. The van der Waals surface area contributed by atoms with Crippen molar-refractivity contribution in [3.63, 3.8) is 0 Å². The number of hydrogen-bond acceptors (Lipinski definition) is 3. The van der Waals surface area contributed by atoms with E-state index < -0.39 is 0 Å². The lowest BCUT2D eigenvalue weighted by atomic mass is 10.2. The summed E-state index contributed by atoms with van der Waals surface area (Å²) in [7, 11) is 0. The first-order valence-corrected chi connectivity index (χ1v) is 6.88. The van der Waals surface area contributed by atoms with Gasteiger partial charge in [-0.3, -0.25) is 0 Å². The molecule has 0 bridgehead atoms. The molecule has 0 aliphatic carbocycles. The summed E-state index contributed by atoms with van der Waals surface area (Å²) < 4.78 is 12.1. The molecule has 0 radical (unpaired) electrons. The van der Waals surface area contributed by atoms with Gasteiger partial charge in [0.2, 0.25) is 0 Å². The Balaban J connectivity index is 2.03. The third kappa shape index (κ3) is 2.58. The molecule has 14 heavy (non-hydrogen) atoms. The Morgan fingerprint density at radius 2 is 2.29 bits per heavy atom. The van der Waals surface area contributed by atoms with Gasteiger partial charge in [0.15, 0.2) is 0 Å². The smallest absolute Gasteiger partial charge is 0.0983 e. The van der Waals surface area contributed by atoms with Crippen molar-refractivity contribution in [1.82, 2.24) is 0 Å². The van der Waals surface area contributed by atoms with Crippen LogP contribution in [0.2, 0.25) is 0 Å². The van der Waals surface area contributed by atoms with Crippen molar-refractivity contribution in [3.8, 4) is 0 Å². The Morgan fingerprint density at radius 1 is 1.43 bits per heavy atom. The number of ether oxygens (including phenoxy) is 2. The van der Waals surface area contributed by atoms with Crippen molar-refractivity contribution in [2.45, 2.75) is 10.9 Å². The van der Waals surface area contributed by atoms with Crippen LogP contribution < -0.4 is 0 Å². The van der Waals surface area contributed by atoms with Gasteiger partial charge >= 0.3 is 0 Å². The van der Waals surface area contributed by atoms with E-state index in [1.54, 1.807) is 11.3 Å². The number of alkyl halides is 1. The van der Waals surface area contributed by atoms with E-state index in [0.717, 1.165) is 3.79 Å². The third-order valence-electron chi connectivity index (χ3n) is 2.03. The minimum atomic E-state index is 0.134. The van der Waals surface area contributed by atoms with Crippen molar-refractivity contribution in [2.24, 2.45) is 0 Å². The molecule has 5 heteroatoms. The van der Waals surface area contributed by atoms with E-state index in [1.165, 1.54) is 4.88 Å². The van der Waals surface area contributed by atoms with Gasteiger partial charge in [0.05, 0.1) is 34.5 Å². The fraction of sp³-hybridized carbons (Fsp3) is 0.556. The Hall–Kier alpha value is 0.580. The Morgan fingerprint density at radius 3 is 2.86 bits per heavy atom. The molecule has 0 N–H and O–H groups in total. The molecular formula is C9H10Br2O2S. The Bertz CT molecular complexity index is 297. The van der Waals surface area contributed by atoms with E-state index in [0.29, 0.717) is 19.8 Å². The highest BCUT2D eigenvalue weighted by molar-refractivity contribution is 9.11. The van der Waals surface area contributed by atoms with Gasteiger partial charge in [-0.1, -0.05) is 15.9 Å². The van der Waals surface area contributed by atoms with Crippen LogP contribution in [0.1, 0.15) is 9.70 Å². The summed E-state index contributed by atoms with van der Waals surface area (Å²) >= 11 is 8.82. The summed E-state index contributed by atoms with van der Waals surface area (Å²) in [4.78, 5) is 1.51. The van der Waals surface area contributed by atoms with Gasteiger partial charge < -0.3 is 9.47 Å². The molecule has 1 aromatic rings. The van der Waals surface area contributed by atoms with Crippen molar-refractivity contribution in [1.29, 1.82) is 0 Å². The second kappa shape index (κ2) is 5.07. The van der Waals surface area contributed by atoms with E-state index in [9.17, 15) is 0 Å². The van der Waals surface area contributed by atoms with Crippen LogP contribution in [0, 0.1) is 0 Å². The first-order chi connectivity index (χ1) is 6.77. The van der Waals surface area contributed by atoms with Crippen molar-refractivity contribution < 1.29 is 9.47 Å². The fourth-order valence-corrected chi connectivity index (χ4v) is 3.53. The molecule has 0 saturated carbocycles. The first kappa shape index (κ1) is 11.1. The number of rotatable bonds is 2. The zero-order valence-corrected chi connectivity index (χ0v) is 11.4. The van der Waals surface area contributed by atoms with E-state index in [-0.39, 0.29) is 10.9 Å². The lowest BCUT2D eigenvalue weighted by Crippen LogP contribution is -2.31. The molecule has 2 nitrogen and oxygen atoms in total. The van der Waals surface area contributed by atoms with Crippen molar-refractivity contribution >= 4 is 43.2 Å². The zero-order valence-electron chi connectivity index (χ0n) is 7.41. The normalized spacial score (nSPS) is 24.9. The molecule has 1 saturated heterocycles. The maximum atomic E-state index is 5.62. The molecule has 0 spiro atoms. The SMILES string of the molecule is Brc1ccc(C(Br)C2COCCO2)s1. The largest absolute Gasteiger partial charge is 0.376 e. The maximum absolute atomic E-state index is 5.62. The molecule has 2 heterocycles. The van der Waals surface area contributed by atoms with Gasteiger partial charge in [0, 0.05) is 4.88 Å². The molecule has 1 aliphatic rings. The predicted molar refractivity (Wildman–Crippen MR) is 64.2 cm³/mol. The molecule has 2 rings (SSSR count). The number of thiophene rings is 1. The van der Waals surface area contributed by atoms with E-state index >= 15 is 0 Å². The highest BCUT2D eigenvalue weighted by Gasteiger charge is 2.25.